The van der Waals surface area contributed by atoms with Crippen molar-refractivity contribution < 1.29 is 19.1 Å². The zero-order chi connectivity index (χ0) is 25.1. The molecule has 0 aromatic heterocycles. The van der Waals surface area contributed by atoms with Crippen molar-refractivity contribution in [1.29, 1.82) is 0 Å². The Bertz CT molecular complexity index is 992. The highest BCUT2D eigenvalue weighted by Gasteiger charge is 2.67. The Balaban J connectivity index is 1.66. The van der Waals surface area contributed by atoms with Crippen molar-refractivity contribution >= 4 is 23.5 Å². The summed E-state index contributed by atoms with van der Waals surface area (Å²) in [5.41, 5.74) is 2.35. The fourth-order valence-electron chi connectivity index (χ4n) is 5.96. The maximum Gasteiger partial charge on any atom is 0.407 e. The molecule has 2 fully saturated rings. The van der Waals surface area contributed by atoms with Crippen LogP contribution in [0.5, 0.6) is 0 Å². The molecular formula is C27H39N3O4. The number of anilines is 1. The monoisotopic (exact) mass is 469 g/mol. The summed E-state index contributed by atoms with van der Waals surface area (Å²) in [7, 11) is 3.97. The fourth-order valence-corrected chi connectivity index (χ4v) is 5.96. The van der Waals surface area contributed by atoms with Gasteiger partial charge in [-0.05, 0) is 56.7 Å². The molecule has 7 nitrogen and oxygen atoms in total. The van der Waals surface area contributed by atoms with Gasteiger partial charge in [0.05, 0.1) is 5.71 Å². The van der Waals surface area contributed by atoms with Gasteiger partial charge >= 0.3 is 12.1 Å². The Kier molecular flexibility index (Phi) is 5.98. The molecule has 1 amide bonds. The number of alkyl carbamates (subject to hydrolysis) is 1. The van der Waals surface area contributed by atoms with Crippen LogP contribution in [-0.4, -0.2) is 56.2 Å². The number of ether oxygens (including phenoxy) is 2. The van der Waals surface area contributed by atoms with Gasteiger partial charge in [0.1, 0.15) is 11.7 Å². The van der Waals surface area contributed by atoms with Gasteiger partial charge in [0.15, 0.2) is 6.04 Å². The molecular weight excluding hydrogens is 430 g/mol. The number of nitrogens with zero attached hydrogens (tertiary/aromatic N) is 2. The Labute approximate surface area is 203 Å². The van der Waals surface area contributed by atoms with Gasteiger partial charge in [0.25, 0.3) is 0 Å². The molecule has 0 spiro atoms. The van der Waals surface area contributed by atoms with Crippen LogP contribution in [0.4, 0.5) is 10.5 Å². The lowest BCUT2D eigenvalue weighted by molar-refractivity contribution is -0.156. The van der Waals surface area contributed by atoms with Crippen LogP contribution < -0.4 is 10.2 Å². The van der Waals surface area contributed by atoms with Crippen LogP contribution in [0, 0.1) is 16.7 Å². The third-order valence-corrected chi connectivity index (χ3v) is 8.35. The molecule has 2 saturated carbocycles. The average Bonchev–Trinajstić information content (AvgIpc) is 3.05. The first-order chi connectivity index (χ1) is 15.7. The van der Waals surface area contributed by atoms with Crippen molar-refractivity contribution in [3.8, 4) is 0 Å². The number of rotatable bonds is 5. The van der Waals surface area contributed by atoms with Crippen molar-refractivity contribution in [1.82, 2.24) is 5.32 Å². The molecule has 1 aromatic carbocycles. The minimum atomic E-state index is -0.704. The van der Waals surface area contributed by atoms with Crippen molar-refractivity contribution in [3.05, 3.63) is 29.8 Å². The smallest absolute Gasteiger partial charge is 0.407 e. The Hall–Kier alpha value is -2.57. The third kappa shape index (κ3) is 4.07. The highest BCUT2D eigenvalue weighted by molar-refractivity contribution is 6.01. The van der Waals surface area contributed by atoms with Crippen LogP contribution in [0.2, 0.25) is 0 Å². The van der Waals surface area contributed by atoms with Gasteiger partial charge in [-0.3, -0.25) is 4.99 Å². The second-order valence-corrected chi connectivity index (χ2v) is 12.0. The van der Waals surface area contributed by atoms with Crippen molar-refractivity contribution in [2.24, 2.45) is 21.7 Å². The van der Waals surface area contributed by atoms with Gasteiger partial charge in [-0.15, -0.1) is 0 Å². The number of hydrogen-bond acceptors (Lipinski definition) is 6. The average molecular weight is 470 g/mol. The van der Waals surface area contributed by atoms with Gasteiger partial charge in [0.2, 0.25) is 0 Å². The summed E-state index contributed by atoms with van der Waals surface area (Å²) in [6.07, 6.45) is 1.36. The number of benzene rings is 1. The number of aliphatic imine (C=N–C) groups is 1. The molecule has 2 aliphatic carbocycles. The second kappa shape index (κ2) is 8.28. The van der Waals surface area contributed by atoms with Gasteiger partial charge in [-0.2, -0.15) is 0 Å². The minimum Gasteiger partial charge on any atom is -0.454 e. The lowest BCUT2D eigenvalue weighted by Crippen LogP contribution is -2.49. The Morgan fingerprint density at radius 1 is 1.24 bits per heavy atom. The molecule has 186 valence electrons. The predicted molar refractivity (Wildman–Crippen MR) is 133 cm³/mol. The van der Waals surface area contributed by atoms with E-state index in [1.54, 1.807) is 0 Å². The molecule has 1 aromatic rings. The van der Waals surface area contributed by atoms with Crippen LogP contribution in [0.15, 0.2) is 29.3 Å². The van der Waals surface area contributed by atoms with E-state index in [1.807, 2.05) is 64.0 Å². The SMILES string of the molecule is CN(C)c1ccc([C@H](CNC(=O)OC(C)(C)C)[C@H]2N=C3[C@H]4CC[C@@](C)([C@@H]3OC2=O)C4(C)C)cc1. The molecule has 4 rings (SSSR count). The highest BCUT2D eigenvalue weighted by atomic mass is 16.6. The summed E-state index contributed by atoms with van der Waals surface area (Å²) in [5.74, 6) is -0.362. The van der Waals surface area contributed by atoms with E-state index in [2.05, 4.69) is 26.1 Å². The van der Waals surface area contributed by atoms with E-state index in [1.165, 1.54) is 0 Å². The predicted octanol–water partition coefficient (Wildman–Crippen LogP) is 4.55. The number of fused-ring (bicyclic) bond motifs is 5. The number of nitrogens with one attached hydrogen (secondary N) is 1. The minimum absolute atomic E-state index is 0.0310. The lowest BCUT2D eigenvalue weighted by atomic mass is 9.70. The summed E-state index contributed by atoms with van der Waals surface area (Å²) in [6.45, 7) is 12.5. The standard InChI is InChI=1S/C27H39N3O4/c1-25(2,3)34-24(32)28-15-18(16-9-11-17(12-10-16)30(7)8)20-23(31)33-22-21(29-20)19-13-14-27(22,6)26(19,4)5/h9-12,18-20,22H,13-15H2,1-8H3,(H,28,32)/t18-,19+,20+,22+,27-/m0/s1. The molecule has 7 heteroatoms. The lowest BCUT2D eigenvalue weighted by Gasteiger charge is -2.40. The van der Waals surface area contributed by atoms with Crippen LogP contribution in [0.1, 0.15) is 65.9 Å². The normalized spacial score (nSPS) is 30.2. The molecule has 2 bridgehead atoms. The van der Waals surface area contributed by atoms with Crippen molar-refractivity contribution in [2.45, 2.75) is 78.0 Å². The summed E-state index contributed by atoms with van der Waals surface area (Å²) < 4.78 is 11.6. The van der Waals surface area contributed by atoms with Gasteiger partial charge in [-0.1, -0.05) is 32.9 Å². The third-order valence-electron chi connectivity index (χ3n) is 8.35. The van der Waals surface area contributed by atoms with E-state index >= 15 is 0 Å². The number of hydrogen-bond donors (Lipinski definition) is 1. The summed E-state index contributed by atoms with van der Waals surface area (Å²) in [5, 5.41) is 2.86. The van der Waals surface area contributed by atoms with E-state index in [-0.39, 0.29) is 35.4 Å². The first kappa shape index (κ1) is 24.6. The first-order valence-electron chi connectivity index (χ1n) is 12.3. The molecule has 3 aliphatic rings. The van der Waals surface area contributed by atoms with Crippen LogP contribution in [0.3, 0.4) is 0 Å². The number of carbonyl (C=O) groups is 2. The quantitative estimate of drug-likeness (QED) is 0.640. The molecule has 0 saturated heterocycles. The van der Waals surface area contributed by atoms with E-state index in [0.717, 1.165) is 29.8 Å². The Morgan fingerprint density at radius 3 is 2.47 bits per heavy atom. The molecule has 1 N–H and O–H groups in total. The Morgan fingerprint density at radius 2 is 1.88 bits per heavy atom. The van der Waals surface area contributed by atoms with Gasteiger partial charge in [-0.25, -0.2) is 9.59 Å². The molecule has 34 heavy (non-hydrogen) atoms. The summed E-state index contributed by atoms with van der Waals surface area (Å²) >= 11 is 0. The molecule has 1 heterocycles. The van der Waals surface area contributed by atoms with Crippen LogP contribution >= 0.6 is 0 Å². The maximum absolute atomic E-state index is 13.3. The van der Waals surface area contributed by atoms with Crippen molar-refractivity contribution in [2.75, 3.05) is 25.5 Å². The van der Waals surface area contributed by atoms with Gasteiger partial charge < -0.3 is 19.7 Å². The van der Waals surface area contributed by atoms with E-state index < -0.39 is 17.7 Å². The molecule has 1 aliphatic heterocycles. The molecule has 0 radical (unpaired) electrons. The summed E-state index contributed by atoms with van der Waals surface area (Å²) in [6, 6.07) is 7.33. The van der Waals surface area contributed by atoms with E-state index in [4.69, 9.17) is 14.5 Å². The van der Waals surface area contributed by atoms with E-state index in [9.17, 15) is 9.59 Å². The second-order valence-electron chi connectivity index (χ2n) is 12.0. The molecule has 5 atom stereocenters. The van der Waals surface area contributed by atoms with E-state index in [0.29, 0.717) is 5.92 Å². The summed E-state index contributed by atoms with van der Waals surface area (Å²) in [4.78, 5) is 32.9. The topological polar surface area (TPSA) is 80.2 Å². The fraction of sp³-hybridized carbons (Fsp3) is 0.667. The largest absolute Gasteiger partial charge is 0.454 e. The number of esters is 1. The van der Waals surface area contributed by atoms with Crippen molar-refractivity contribution in [3.63, 3.8) is 0 Å². The van der Waals surface area contributed by atoms with Crippen LogP contribution in [-0.2, 0) is 14.3 Å². The highest BCUT2D eigenvalue weighted by Crippen LogP contribution is 2.65. The first-order valence-corrected chi connectivity index (χ1v) is 12.3. The number of carbonyl (C=O) groups excluding carboxylic acids is 2. The maximum atomic E-state index is 13.3. The zero-order valence-corrected chi connectivity index (χ0v) is 21.8. The number of amides is 1. The molecule has 0 unspecified atom stereocenters. The van der Waals surface area contributed by atoms with Crippen LogP contribution in [0.25, 0.3) is 0 Å². The zero-order valence-electron chi connectivity index (χ0n) is 21.8. The van der Waals surface area contributed by atoms with Gasteiger partial charge in [0, 0.05) is 43.6 Å².